The van der Waals surface area contributed by atoms with Crippen LogP contribution < -0.4 is 10.6 Å². The summed E-state index contributed by atoms with van der Waals surface area (Å²) in [5.74, 6) is 1.11. The molecule has 1 aromatic heterocycles. The first-order chi connectivity index (χ1) is 9.43. The molecule has 0 radical (unpaired) electrons. The molecule has 0 aliphatic rings. The molecule has 0 bridgehead atoms. The lowest BCUT2D eigenvalue weighted by molar-refractivity contribution is 0.0933. The van der Waals surface area contributed by atoms with Gasteiger partial charge in [0.05, 0.1) is 5.02 Å². The number of aromatic nitrogens is 1. The molecule has 20 heavy (non-hydrogen) atoms. The van der Waals surface area contributed by atoms with Gasteiger partial charge in [-0.25, -0.2) is 4.98 Å². The van der Waals surface area contributed by atoms with Gasteiger partial charge >= 0.3 is 0 Å². The van der Waals surface area contributed by atoms with Crippen molar-refractivity contribution in [2.24, 2.45) is 5.92 Å². The summed E-state index contributed by atoms with van der Waals surface area (Å²) in [4.78, 5) is 16.4. The molecular formula is C15H24ClN3O. The molecule has 0 saturated carbocycles. The van der Waals surface area contributed by atoms with E-state index in [9.17, 15) is 4.79 Å². The minimum atomic E-state index is -0.218. The summed E-state index contributed by atoms with van der Waals surface area (Å²) in [5, 5.41) is 6.22. The molecular weight excluding hydrogens is 274 g/mol. The van der Waals surface area contributed by atoms with Crippen molar-refractivity contribution in [1.29, 1.82) is 0 Å². The molecule has 1 rings (SSSR count). The van der Waals surface area contributed by atoms with E-state index in [1.54, 1.807) is 19.2 Å². The fraction of sp³-hybridized carbons (Fsp3) is 0.600. The zero-order valence-electron chi connectivity index (χ0n) is 12.7. The number of pyridine rings is 1. The van der Waals surface area contributed by atoms with Crippen LogP contribution in [0.1, 0.15) is 50.5 Å². The van der Waals surface area contributed by atoms with Crippen LogP contribution in [0.15, 0.2) is 12.1 Å². The first-order valence-corrected chi connectivity index (χ1v) is 7.47. The summed E-state index contributed by atoms with van der Waals surface area (Å²) in [6, 6.07) is 3.54. The van der Waals surface area contributed by atoms with Gasteiger partial charge in [-0.3, -0.25) is 4.79 Å². The zero-order valence-corrected chi connectivity index (χ0v) is 13.4. The number of carbonyl (C=O) groups excluding carboxylic acids is 1. The van der Waals surface area contributed by atoms with Crippen LogP contribution in [-0.2, 0) is 0 Å². The number of amides is 1. The van der Waals surface area contributed by atoms with Crippen LogP contribution in [0.5, 0.6) is 0 Å². The Balaban J connectivity index is 2.57. The van der Waals surface area contributed by atoms with Crippen molar-refractivity contribution >= 4 is 23.3 Å². The number of rotatable bonds is 7. The molecule has 1 amide bonds. The maximum atomic E-state index is 12.2. The van der Waals surface area contributed by atoms with Crippen LogP contribution in [0.4, 0.5) is 5.82 Å². The normalized spacial score (nSPS) is 12.3. The van der Waals surface area contributed by atoms with E-state index < -0.39 is 0 Å². The Morgan fingerprint density at radius 1 is 1.30 bits per heavy atom. The summed E-state index contributed by atoms with van der Waals surface area (Å²) in [7, 11) is 1.76. The van der Waals surface area contributed by atoms with Crippen LogP contribution in [0, 0.1) is 5.92 Å². The van der Waals surface area contributed by atoms with Crippen molar-refractivity contribution in [2.75, 3.05) is 12.4 Å². The Kier molecular flexibility index (Phi) is 6.79. The van der Waals surface area contributed by atoms with E-state index >= 15 is 0 Å². The van der Waals surface area contributed by atoms with Gasteiger partial charge in [0, 0.05) is 13.1 Å². The molecule has 0 spiro atoms. The molecule has 0 aliphatic carbocycles. The van der Waals surface area contributed by atoms with Crippen molar-refractivity contribution < 1.29 is 4.79 Å². The molecule has 112 valence electrons. The Labute approximate surface area is 126 Å². The Bertz CT molecular complexity index is 449. The third-order valence-corrected chi connectivity index (χ3v) is 3.42. The molecule has 1 atom stereocenters. The number of carbonyl (C=O) groups is 1. The van der Waals surface area contributed by atoms with Crippen LogP contribution >= 0.6 is 11.6 Å². The lowest BCUT2D eigenvalue weighted by atomic mass is 10.0. The molecule has 2 N–H and O–H groups in total. The highest BCUT2D eigenvalue weighted by molar-refractivity contribution is 6.33. The summed E-state index contributed by atoms with van der Waals surface area (Å²) in [6.45, 7) is 6.42. The molecule has 1 aromatic rings. The van der Waals surface area contributed by atoms with E-state index in [4.69, 9.17) is 11.6 Å². The van der Waals surface area contributed by atoms with Crippen LogP contribution in [0.3, 0.4) is 0 Å². The largest absolute Gasteiger partial charge is 0.373 e. The highest BCUT2D eigenvalue weighted by Crippen LogP contribution is 2.17. The highest BCUT2D eigenvalue weighted by Gasteiger charge is 2.15. The third kappa shape index (κ3) is 5.37. The number of halogens is 1. The van der Waals surface area contributed by atoms with Crippen molar-refractivity contribution in [3.8, 4) is 0 Å². The van der Waals surface area contributed by atoms with Crippen LogP contribution in [0.2, 0.25) is 5.02 Å². The van der Waals surface area contributed by atoms with Crippen LogP contribution in [0.25, 0.3) is 0 Å². The molecule has 5 heteroatoms. The first-order valence-electron chi connectivity index (χ1n) is 7.09. The summed E-state index contributed by atoms with van der Waals surface area (Å²) in [5.41, 5.74) is 0.272. The topological polar surface area (TPSA) is 54.0 Å². The fourth-order valence-electron chi connectivity index (χ4n) is 1.94. The maximum absolute atomic E-state index is 12.2. The van der Waals surface area contributed by atoms with Gasteiger partial charge in [-0.2, -0.15) is 0 Å². The van der Waals surface area contributed by atoms with Gasteiger partial charge < -0.3 is 10.6 Å². The Hall–Kier alpha value is -1.29. The van der Waals surface area contributed by atoms with Gasteiger partial charge in [0.1, 0.15) is 11.5 Å². The zero-order chi connectivity index (χ0) is 15.1. The predicted octanol–water partition coefficient (Wildman–Crippen LogP) is 3.72. The SMILES string of the molecule is CNc1ccc(Cl)c(C(=O)NC(C)CCCC(C)C)n1. The standard InChI is InChI=1S/C15H24ClN3O/c1-10(2)6-5-7-11(3)18-15(20)14-12(16)8-9-13(17-4)19-14/h8-11H,5-7H2,1-4H3,(H,17,19)(H,18,20). The van der Waals surface area contributed by atoms with Gasteiger partial charge in [0.2, 0.25) is 0 Å². The summed E-state index contributed by atoms with van der Waals surface area (Å²) < 4.78 is 0. The van der Waals surface area contributed by atoms with Gasteiger partial charge in [0.15, 0.2) is 0 Å². The minimum absolute atomic E-state index is 0.123. The average molecular weight is 298 g/mol. The smallest absolute Gasteiger partial charge is 0.271 e. The van der Waals surface area contributed by atoms with Crippen LogP contribution in [-0.4, -0.2) is 24.0 Å². The molecule has 0 fully saturated rings. The molecule has 0 aliphatic heterocycles. The number of nitrogens with one attached hydrogen (secondary N) is 2. The second kappa shape index (κ2) is 8.10. The van der Waals surface area contributed by atoms with Crippen molar-refractivity contribution in [3.63, 3.8) is 0 Å². The lowest BCUT2D eigenvalue weighted by Crippen LogP contribution is -2.33. The Morgan fingerprint density at radius 2 is 2.00 bits per heavy atom. The van der Waals surface area contributed by atoms with E-state index in [-0.39, 0.29) is 17.6 Å². The van der Waals surface area contributed by atoms with Crippen molar-refractivity contribution in [2.45, 2.75) is 46.1 Å². The second-order valence-electron chi connectivity index (χ2n) is 5.48. The summed E-state index contributed by atoms with van der Waals surface area (Å²) in [6.07, 6.45) is 3.25. The molecule has 0 aromatic carbocycles. The molecule has 1 heterocycles. The molecule has 1 unspecified atom stereocenters. The maximum Gasteiger partial charge on any atom is 0.271 e. The van der Waals surface area contributed by atoms with E-state index in [1.165, 1.54) is 6.42 Å². The molecule has 4 nitrogen and oxygen atoms in total. The number of hydrogen-bond donors (Lipinski definition) is 2. The second-order valence-corrected chi connectivity index (χ2v) is 5.88. The predicted molar refractivity (Wildman–Crippen MR) is 84.4 cm³/mol. The minimum Gasteiger partial charge on any atom is -0.373 e. The van der Waals surface area contributed by atoms with E-state index in [0.717, 1.165) is 12.8 Å². The quantitative estimate of drug-likeness (QED) is 0.806. The highest BCUT2D eigenvalue weighted by atomic mass is 35.5. The van der Waals surface area contributed by atoms with Crippen molar-refractivity contribution in [3.05, 3.63) is 22.8 Å². The average Bonchev–Trinajstić information content (AvgIpc) is 2.38. The number of anilines is 1. The Morgan fingerprint density at radius 3 is 2.60 bits per heavy atom. The van der Waals surface area contributed by atoms with E-state index in [2.05, 4.69) is 29.5 Å². The lowest BCUT2D eigenvalue weighted by Gasteiger charge is -2.15. The van der Waals surface area contributed by atoms with Gasteiger partial charge in [0.25, 0.3) is 5.91 Å². The first kappa shape index (κ1) is 16.8. The van der Waals surface area contributed by atoms with Gasteiger partial charge in [-0.15, -0.1) is 0 Å². The third-order valence-electron chi connectivity index (χ3n) is 3.11. The van der Waals surface area contributed by atoms with E-state index in [1.807, 2.05) is 6.92 Å². The number of hydrogen-bond acceptors (Lipinski definition) is 3. The van der Waals surface area contributed by atoms with Crippen molar-refractivity contribution in [1.82, 2.24) is 10.3 Å². The van der Waals surface area contributed by atoms with Gasteiger partial charge in [-0.1, -0.05) is 38.3 Å². The number of nitrogens with zero attached hydrogens (tertiary/aromatic N) is 1. The summed E-state index contributed by atoms with van der Waals surface area (Å²) >= 11 is 6.03. The monoisotopic (exact) mass is 297 g/mol. The molecule has 0 saturated heterocycles. The van der Waals surface area contributed by atoms with E-state index in [0.29, 0.717) is 16.8 Å². The fourth-order valence-corrected chi connectivity index (χ4v) is 2.13. The van der Waals surface area contributed by atoms with Gasteiger partial charge in [-0.05, 0) is 31.4 Å².